The summed E-state index contributed by atoms with van der Waals surface area (Å²) in [6.07, 6.45) is 3.33. The summed E-state index contributed by atoms with van der Waals surface area (Å²) in [7, 11) is 0. The predicted molar refractivity (Wildman–Crippen MR) is 118 cm³/mol. The molecular formula is C22H18N4O4S. The van der Waals surface area contributed by atoms with Gasteiger partial charge < -0.3 is 5.73 Å². The van der Waals surface area contributed by atoms with Gasteiger partial charge in [-0.2, -0.15) is 0 Å². The molecule has 3 aromatic rings. The molecule has 0 aliphatic carbocycles. The predicted octanol–water partition coefficient (Wildman–Crippen LogP) is 4.31. The SMILES string of the molecule is CC(=O)C1C(C)=Nc2sc(C(=O)c3cccc([N+](=O)[O-])c3)c(N)c2C1c1cccnc1. The van der Waals surface area contributed by atoms with E-state index in [1.165, 1.54) is 31.2 Å². The van der Waals surface area contributed by atoms with Gasteiger partial charge in [0.05, 0.1) is 16.5 Å². The van der Waals surface area contributed by atoms with Gasteiger partial charge in [0, 0.05) is 47.3 Å². The monoisotopic (exact) mass is 434 g/mol. The van der Waals surface area contributed by atoms with E-state index < -0.39 is 22.5 Å². The van der Waals surface area contributed by atoms with Crippen molar-refractivity contribution in [3.63, 3.8) is 0 Å². The van der Waals surface area contributed by atoms with E-state index in [0.29, 0.717) is 16.3 Å². The minimum absolute atomic E-state index is 0.0575. The zero-order valence-electron chi connectivity index (χ0n) is 16.7. The first-order chi connectivity index (χ1) is 14.8. The lowest BCUT2D eigenvalue weighted by Crippen LogP contribution is -2.30. The van der Waals surface area contributed by atoms with Crippen molar-refractivity contribution in [2.75, 3.05) is 5.73 Å². The molecule has 0 radical (unpaired) electrons. The normalized spacial score (nSPS) is 17.5. The van der Waals surface area contributed by atoms with Crippen molar-refractivity contribution in [2.24, 2.45) is 10.9 Å². The molecule has 8 nitrogen and oxygen atoms in total. The van der Waals surface area contributed by atoms with Crippen molar-refractivity contribution in [3.8, 4) is 0 Å². The Hall–Kier alpha value is -3.72. The maximum atomic E-state index is 13.2. The summed E-state index contributed by atoms with van der Waals surface area (Å²) in [6.45, 7) is 3.30. The van der Waals surface area contributed by atoms with E-state index in [1.54, 1.807) is 25.4 Å². The summed E-state index contributed by atoms with van der Waals surface area (Å²) < 4.78 is 0. The molecule has 3 heterocycles. The molecule has 0 fully saturated rings. The second-order valence-electron chi connectivity index (χ2n) is 7.31. The van der Waals surface area contributed by atoms with Crippen LogP contribution in [0.2, 0.25) is 0 Å². The quantitative estimate of drug-likeness (QED) is 0.362. The van der Waals surface area contributed by atoms with Crippen LogP contribution < -0.4 is 5.73 Å². The maximum Gasteiger partial charge on any atom is 0.270 e. The Kier molecular flexibility index (Phi) is 5.20. The Bertz CT molecular complexity index is 1250. The van der Waals surface area contributed by atoms with Crippen LogP contribution in [0.25, 0.3) is 0 Å². The number of carbonyl (C=O) groups is 2. The largest absolute Gasteiger partial charge is 0.397 e. The smallest absolute Gasteiger partial charge is 0.270 e. The van der Waals surface area contributed by atoms with Gasteiger partial charge in [0.1, 0.15) is 15.7 Å². The number of rotatable bonds is 5. The average molecular weight is 434 g/mol. The number of ketones is 2. The molecule has 1 aromatic carbocycles. The lowest BCUT2D eigenvalue weighted by atomic mass is 9.75. The molecule has 4 rings (SSSR count). The molecule has 0 saturated heterocycles. The third-order valence-electron chi connectivity index (χ3n) is 5.34. The molecular weight excluding hydrogens is 416 g/mol. The van der Waals surface area contributed by atoms with Crippen LogP contribution in [-0.2, 0) is 4.79 Å². The Morgan fingerprint density at radius 1 is 1.23 bits per heavy atom. The fourth-order valence-corrected chi connectivity index (χ4v) is 5.13. The van der Waals surface area contributed by atoms with Gasteiger partial charge in [-0.25, -0.2) is 4.99 Å². The summed E-state index contributed by atoms with van der Waals surface area (Å²) >= 11 is 1.13. The number of hydrogen-bond donors (Lipinski definition) is 1. The zero-order chi connectivity index (χ0) is 22.3. The van der Waals surface area contributed by atoms with Crippen LogP contribution in [0.3, 0.4) is 0 Å². The molecule has 0 spiro atoms. The lowest BCUT2D eigenvalue weighted by molar-refractivity contribution is -0.384. The van der Waals surface area contributed by atoms with Crippen molar-refractivity contribution >= 4 is 45.0 Å². The second-order valence-corrected chi connectivity index (χ2v) is 8.30. The van der Waals surface area contributed by atoms with Crippen molar-refractivity contribution in [3.05, 3.63) is 80.5 Å². The van der Waals surface area contributed by atoms with Gasteiger partial charge in [-0.15, -0.1) is 11.3 Å². The summed E-state index contributed by atoms with van der Waals surface area (Å²) in [5, 5.41) is 11.7. The molecule has 0 amide bonds. The van der Waals surface area contributed by atoms with Crippen LogP contribution in [0.4, 0.5) is 16.4 Å². The number of carbonyl (C=O) groups excluding carboxylic acids is 2. The summed E-state index contributed by atoms with van der Waals surface area (Å²) in [6, 6.07) is 9.18. The second kappa shape index (κ2) is 7.84. The number of nitro benzene ring substituents is 1. The number of aromatic nitrogens is 1. The number of fused-ring (bicyclic) bond motifs is 1. The van der Waals surface area contributed by atoms with E-state index in [4.69, 9.17) is 5.73 Å². The summed E-state index contributed by atoms with van der Waals surface area (Å²) in [4.78, 5) is 45.2. The van der Waals surface area contributed by atoms with Crippen molar-refractivity contribution in [1.29, 1.82) is 0 Å². The number of anilines is 1. The van der Waals surface area contributed by atoms with Gasteiger partial charge in [0.25, 0.3) is 5.69 Å². The molecule has 31 heavy (non-hydrogen) atoms. The topological polar surface area (TPSA) is 129 Å². The maximum absolute atomic E-state index is 13.2. The van der Waals surface area contributed by atoms with Gasteiger partial charge in [-0.1, -0.05) is 18.2 Å². The lowest BCUT2D eigenvalue weighted by Gasteiger charge is -2.29. The van der Waals surface area contributed by atoms with Crippen molar-refractivity contribution in [2.45, 2.75) is 19.8 Å². The highest BCUT2D eigenvalue weighted by Crippen LogP contribution is 2.51. The number of nitro groups is 1. The van der Waals surface area contributed by atoms with Crippen LogP contribution in [0, 0.1) is 16.0 Å². The molecule has 1 aliphatic rings. The van der Waals surface area contributed by atoms with Crippen LogP contribution in [-0.4, -0.2) is 27.2 Å². The first-order valence-electron chi connectivity index (χ1n) is 9.46. The minimum Gasteiger partial charge on any atom is -0.397 e. The Morgan fingerprint density at radius 2 is 2.00 bits per heavy atom. The van der Waals surface area contributed by atoms with Gasteiger partial charge >= 0.3 is 0 Å². The number of nitrogens with zero attached hydrogens (tertiary/aromatic N) is 3. The number of pyridine rings is 1. The van der Waals surface area contributed by atoms with E-state index >= 15 is 0 Å². The molecule has 0 saturated carbocycles. The third kappa shape index (κ3) is 3.53. The fourth-order valence-electron chi connectivity index (χ4n) is 3.97. The number of nitrogen functional groups attached to an aromatic ring is 1. The van der Waals surface area contributed by atoms with Crippen LogP contribution in [0.5, 0.6) is 0 Å². The van der Waals surface area contributed by atoms with Gasteiger partial charge in [0.2, 0.25) is 5.78 Å². The van der Waals surface area contributed by atoms with E-state index in [2.05, 4.69) is 9.98 Å². The van der Waals surface area contributed by atoms with Gasteiger partial charge in [0.15, 0.2) is 0 Å². The number of thiophene rings is 1. The highest BCUT2D eigenvalue weighted by Gasteiger charge is 2.39. The number of non-ortho nitro benzene ring substituents is 1. The first-order valence-corrected chi connectivity index (χ1v) is 10.3. The average Bonchev–Trinajstić information content (AvgIpc) is 3.08. The van der Waals surface area contributed by atoms with Crippen LogP contribution in [0.15, 0.2) is 53.8 Å². The van der Waals surface area contributed by atoms with Crippen LogP contribution in [0.1, 0.15) is 46.1 Å². The highest BCUT2D eigenvalue weighted by atomic mass is 32.1. The molecule has 9 heteroatoms. The molecule has 2 N–H and O–H groups in total. The Balaban J connectivity index is 1.87. The molecule has 156 valence electrons. The molecule has 2 atom stereocenters. The summed E-state index contributed by atoms with van der Waals surface area (Å²) in [5.41, 5.74) is 8.75. The fraction of sp³-hybridized carbons (Fsp3) is 0.182. The number of nitrogens with two attached hydrogens (primary N) is 1. The standard InChI is InChI=1S/C22H18N4O4S/c1-11-16(12(2)27)17(14-6-4-8-24-10-14)18-19(23)21(31-22(18)25-11)20(28)13-5-3-7-15(9-13)26(29)30/h3-10,16-17H,23H2,1-2H3. The molecule has 2 unspecified atom stereocenters. The number of Topliss-reactive ketones (excluding diaryl/α,β-unsaturated/α-hetero) is 1. The van der Waals surface area contributed by atoms with Crippen LogP contribution >= 0.6 is 11.3 Å². The summed E-state index contributed by atoms with van der Waals surface area (Å²) in [5.74, 6) is -1.41. The molecule has 2 aromatic heterocycles. The van der Waals surface area contributed by atoms with E-state index in [-0.39, 0.29) is 27.6 Å². The minimum atomic E-state index is -0.552. The van der Waals surface area contributed by atoms with E-state index in [0.717, 1.165) is 16.9 Å². The van der Waals surface area contributed by atoms with Crippen molar-refractivity contribution < 1.29 is 14.5 Å². The van der Waals surface area contributed by atoms with Gasteiger partial charge in [-0.3, -0.25) is 24.7 Å². The molecule has 1 aliphatic heterocycles. The molecule has 0 bridgehead atoms. The number of hydrogen-bond acceptors (Lipinski definition) is 8. The first kappa shape index (κ1) is 20.5. The highest BCUT2D eigenvalue weighted by molar-refractivity contribution is 7.18. The third-order valence-corrected chi connectivity index (χ3v) is 6.46. The zero-order valence-corrected chi connectivity index (χ0v) is 17.6. The number of aliphatic imine (C=N–C) groups is 1. The van der Waals surface area contributed by atoms with Crippen molar-refractivity contribution in [1.82, 2.24) is 4.98 Å². The number of benzene rings is 1. The van der Waals surface area contributed by atoms with Gasteiger partial charge in [-0.05, 0) is 25.5 Å². The Labute approximate surface area is 181 Å². The van der Waals surface area contributed by atoms with E-state index in [9.17, 15) is 19.7 Å². The van der Waals surface area contributed by atoms with E-state index in [1.807, 2.05) is 6.07 Å². The Morgan fingerprint density at radius 3 is 2.65 bits per heavy atom.